The third-order valence-corrected chi connectivity index (χ3v) is 6.73. The first kappa shape index (κ1) is 22.7. The van der Waals surface area contributed by atoms with E-state index in [1.807, 2.05) is 42.5 Å². The van der Waals surface area contributed by atoms with Gasteiger partial charge in [0.05, 0.1) is 13.1 Å². The Balaban J connectivity index is 1.18. The number of rotatable bonds is 8. The average molecular weight is 486 g/mol. The Morgan fingerprint density at radius 1 is 1.11 bits per heavy atom. The average Bonchev–Trinajstić information content (AvgIpc) is 3.44. The summed E-state index contributed by atoms with van der Waals surface area (Å²) in [4.78, 5) is 16.3. The highest BCUT2D eigenvalue weighted by atomic mass is 16.5. The van der Waals surface area contributed by atoms with Gasteiger partial charge in [0.25, 0.3) is 0 Å². The molecule has 1 saturated heterocycles. The van der Waals surface area contributed by atoms with Gasteiger partial charge in [0, 0.05) is 24.2 Å². The zero-order valence-electron chi connectivity index (χ0n) is 20.5. The van der Waals surface area contributed by atoms with Gasteiger partial charge in [-0.1, -0.05) is 35.5 Å². The molecule has 9 nitrogen and oxygen atoms in total. The number of hydrogen-bond acceptors (Lipinski definition) is 9. The number of ether oxygens (including phenoxy) is 1. The molecule has 9 heteroatoms. The lowest BCUT2D eigenvalue weighted by atomic mass is 10.1. The Morgan fingerprint density at radius 3 is 2.83 bits per heavy atom. The molecule has 1 atom stereocenters. The monoisotopic (exact) mass is 485 g/mol. The summed E-state index contributed by atoms with van der Waals surface area (Å²) in [5.41, 5.74) is 3.22. The van der Waals surface area contributed by atoms with Crippen LogP contribution in [0.4, 0.5) is 11.8 Å². The fourth-order valence-electron chi connectivity index (χ4n) is 4.67. The van der Waals surface area contributed by atoms with Crippen molar-refractivity contribution in [3.8, 4) is 17.1 Å². The minimum atomic E-state index is 0.104. The number of likely N-dealkylation sites (tertiary alicyclic amines) is 1. The van der Waals surface area contributed by atoms with Crippen LogP contribution in [0.15, 0.2) is 63.6 Å². The van der Waals surface area contributed by atoms with Crippen LogP contribution in [-0.4, -0.2) is 58.6 Å². The molecule has 2 aromatic heterocycles. The van der Waals surface area contributed by atoms with Crippen LogP contribution >= 0.6 is 0 Å². The number of aliphatic imine (C=N–C) groups is 1. The van der Waals surface area contributed by atoms with Crippen molar-refractivity contribution in [3.63, 3.8) is 0 Å². The Bertz CT molecular complexity index is 1270. The molecule has 2 N–H and O–H groups in total. The molecule has 4 heterocycles. The van der Waals surface area contributed by atoms with Gasteiger partial charge >= 0.3 is 0 Å². The predicted molar refractivity (Wildman–Crippen MR) is 139 cm³/mol. The summed E-state index contributed by atoms with van der Waals surface area (Å²) in [5, 5.41) is 10.8. The van der Waals surface area contributed by atoms with Gasteiger partial charge in [0.15, 0.2) is 5.76 Å². The van der Waals surface area contributed by atoms with Crippen molar-refractivity contribution in [1.82, 2.24) is 20.0 Å². The molecule has 3 aromatic rings. The number of likely N-dealkylation sites (N-methyl/N-ethyl adjacent to an activating group) is 1. The maximum atomic E-state index is 6.29. The molecular weight excluding hydrogens is 454 g/mol. The second-order valence-corrected chi connectivity index (χ2v) is 9.78. The van der Waals surface area contributed by atoms with Crippen LogP contribution in [0.5, 0.6) is 5.88 Å². The summed E-state index contributed by atoms with van der Waals surface area (Å²) in [6, 6.07) is 13.7. The Hall–Kier alpha value is -3.72. The molecule has 1 aliphatic carbocycles. The molecule has 6 rings (SSSR count). The molecule has 1 unspecified atom stereocenters. The minimum absolute atomic E-state index is 0.104. The standard InChI is InChI=1S/C27H31N7O2/c1-34-11-5-8-21(17-34)35-26-14-25(30-24-12-20(15-28-24)18-9-10-18)31-27(32-26)29-16-22-13-23(33-36-22)19-6-3-2-4-7-19/h2-4,6-7,12-14,18,21H,5,8-11,15-17H2,1H3,(H2,28,29,30,31,32). The number of benzene rings is 1. The van der Waals surface area contributed by atoms with E-state index in [4.69, 9.17) is 9.26 Å². The first-order valence-electron chi connectivity index (χ1n) is 12.7. The third kappa shape index (κ3) is 5.57. The van der Waals surface area contributed by atoms with Gasteiger partial charge in [0.1, 0.15) is 23.5 Å². The molecule has 1 aromatic carbocycles. The smallest absolute Gasteiger partial charge is 0.228 e. The Morgan fingerprint density at radius 2 is 2.00 bits per heavy atom. The topological polar surface area (TPSA) is 101 Å². The number of piperidine rings is 1. The van der Waals surface area contributed by atoms with Crippen LogP contribution in [0, 0.1) is 5.92 Å². The molecule has 1 saturated carbocycles. The fraction of sp³-hybridized carbons (Fsp3) is 0.407. The first-order chi connectivity index (χ1) is 17.7. The molecule has 2 aliphatic heterocycles. The minimum Gasteiger partial charge on any atom is -0.473 e. The van der Waals surface area contributed by atoms with E-state index in [1.165, 1.54) is 18.4 Å². The fourth-order valence-corrected chi connectivity index (χ4v) is 4.67. The summed E-state index contributed by atoms with van der Waals surface area (Å²) in [7, 11) is 2.12. The SMILES string of the molecule is CN1CCCC(Oc2cc(NC3=NCC(C4CC4)=C3)nc(NCc3cc(-c4ccccc4)no3)n2)C1. The summed E-state index contributed by atoms with van der Waals surface area (Å²) in [6.45, 7) is 3.16. The zero-order valence-corrected chi connectivity index (χ0v) is 20.5. The number of anilines is 2. The van der Waals surface area contributed by atoms with E-state index in [9.17, 15) is 0 Å². The van der Waals surface area contributed by atoms with E-state index in [0.717, 1.165) is 49.6 Å². The maximum Gasteiger partial charge on any atom is 0.228 e. The summed E-state index contributed by atoms with van der Waals surface area (Å²) >= 11 is 0. The quantitative estimate of drug-likeness (QED) is 0.485. The van der Waals surface area contributed by atoms with Crippen LogP contribution < -0.4 is 15.4 Å². The lowest BCUT2D eigenvalue weighted by Crippen LogP contribution is -2.38. The number of nitrogens with zero attached hydrogens (tertiary/aromatic N) is 5. The van der Waals surface area contributed by atoms with Crippen molar-refractivity contribution in [2.75, 3.05) is 37.3 Å². The highest BCUT2D eigenvalue weighted by Gasteiger charge is 2.28. The lowest BCUT2D eigenvalue weighted by molar-refractivity contribution is 0.100. The normalized spacial score (nSPS) is 20.1. The van der Waals surface area contributed by atoms with Gasteiger partial charge in [-0.3, -0.25) is 4.99 Å². The van der Waals surface area contributed by atoms with Crippen molar-refractivity contribution in [2.45, 2.75) is 38.3 Å². The highest BCUT2D eigenvalue weighted by Crippen LogP contribution is 2.38. The van der Waals surface area contributed by atoms with Crippen molar-refractivity contribution in [2.24, 2.45) is 10.9 Å². The molecule has 0 spiro atoms. The van der Waals surface area contributed by atoms with Crippen LogP contribution in [0.1, 0.15) is 31.4 Å². The first-order valence-corrected chi connectivity index (χ1v) is 12.7. The van der Waals surface area contributed by atoms with Crippen LogP contribution in [0.3, 0.4) is 0 Å². The van der Waals surface area contributed by atoms with Crippen LogP contribution in [0.25, 0.3) is 11.3 Å². The zero-order chi connectivity index (χ0) is 24.3. The van der Waals surface area contributed by atoms with E-state index >= 15 is 0 Å². The number of nitrogens with one attached hydrogen (secondary N) is 2. The Kier molecular flexibility index (Phi) is 6.38. The van der Waals surface area contributed by atoms with Crippen molar-refractivity contribution in [3.05, 3.63) is 59.9 Å². The highest BCUT2D eigenvalue weighted by molar-refractivity contribution is 6.05. The van der Waals surface area contributed by atoms with Gasteiger partial charge in [0.2, 0.25) is 11.8 Å². The van der Waals surface area contributed by atoms with E-state index in [-0.39, 0.29) is 6.10 Å². The molecule has 186 valence electrons. The van der Waals surface area contributed by atoms with E-state index in [2.05, 4.69) is 48.8 Å². The molecule has 36 heavy (non-hydrogen) atoms. The maximum absolute atomic E-state index is 6.29. The number of hydrogen-bond donors (Lipinski definition) is 2. The molecule has 3 aliphatic rings. The van der Waals surface area contributed by atoms with Crippen LogP contribution in [0.2, 0.25) is 0 Å². The third-order valence-electron chi connectivity index (χ3n) is 6.73. The summed E-state index contributed by atoms with van der Waals surface area (Å²) in [6.07, 6.45) is 6.94. The van der Waals surface area contributed by atoms with Crippen molar-refractivity contribution < 1.29 is 9.26 Å². The second-order valence-electron chi connectivity index (χ2n) is 9.78. The van der Waals surface area contributed by atoms with Gasteiger partial charge in [-0.15, -0.1) is 0 Å². The van der Waals surface area contributed by atoms with Crippen molar-refractivity contribution in [1.29, 1.82) is 0 Å². The van der Waals surface area contributed by atoms with Gasteiger partial charge in [-0.2, -0.15) is 9.97 Å². The number of amidine groups is 1. The van der Waals surface area contributed by atoms with E-state index < -0.39 is 0 Å². The van der Waals surface area contributed by atoms with Gasteiger partial charge < -0.3 is 24.8 Å². The Labute approximate surface area is 210 Å². The molecule has 2 fully saturated rings. The second kappa shape index (κ2) is 10.1. The molecule has 0 bridgehead atoms. The molecule has 0 radical (unpaired) electrons. The summed E-state index contributed by atoms with van der Waals surface area (Å²) < 4.78 is 11.8. The summed E-state index contributed by atoms with van der Waals surface area (Å²) in [5.74, 6) is 3.91. The van der Waals surface area contributed by atoms with Crippen LogP contribution in [-0.2, 0) is 6.54 Å². The van der Waals surface area contributed by atoms with E-state index in [1.54, 1.807) is 0 Å². The van der Waals surface area contributed by atoms with Gasteiger partial charge in [-0.25, -0.2) is 0 Å². The predicted octanol–water partition coefficient (Wildman–Crippen LogP) is 4.38. The largest absolute Gasteiger partial charge is 0.473 e. The molecule has 0 amide bonds. The van der Waals surface area contributed by atoms with Gasteiger partial charge in [-0.05, 0) is 56.8 Å². The van der Waals surface area contributed by atoms with E-state index in [0.29, 0.717) is 35.9 Å². The van der Waals surface area contributed by atoms with Crippen molar-refractivity contribution >= 4 is 17.6 Å². The number of aromatic nitrogens is 3. The molecular formula is C27H31N7O2. The lowest BCUT2D eigenvalue weighted by Gasteiger charge is -2.29.